The van der Waals surface area contributed by atoms with Crippen molar-refractivity contribution in [3.8, 4) is 0 Å². The Hall–Kier alpha value is -2.69. The van der Waals surface area contributed by atoms with Crippen molar-refractivity contribution in [2.75, 3.05) is 17.2 Å². The molecule has 0 aliphatic rings. The third-order valence-corrected chi connectivity index (χ3v) is 3.73. The number of benzene rings is 1. The Morgan fingerprint density at radius 3 is 2.46 bits per heavy atom. The van der Waals surface area contributed by atoms with Crippen molar-refractivity contribution in [1.29, 1.82) is 0 Å². The number of para-hydroxylation sites is 1. The smallest absolute Gasteiger partial charge is 0.274 e. The van der Waals surface area contributed by atoms with Crippen LogP contribution in [0.25, 0.3) is 0 Å². The minimum Gasteiger partial charge on any atom is -0.351 e. The molecule has 5 heteroatoms. The summed E-state index contributed by atoms with van der Waals surface area (Å²) in [4.78, 5) is 21.3. The first-order chi connectivity index (χ1) is 11.6. The second-order valence-electron chi connectivity index (χ2n) is 5.50. The summed E-state index contributed by atoms with van der Waals surface area (Å²) in [5, 5.41) is 6.05. The molecule has 2 N–H and O–H groups in total. The van der Waals surface area contributed by atoms with E-state index in [2.05, 4.69) is 41.0 Å². The van der Waals surface area contributed by atoms with Gasteiger partial charge in [0.2, 0.25) is 5.95 Å². The predicted octanol–water partition coefficient (Wildman–Crippen LogP) is 3.76. The zero-order valence-corrected chi connectivity index (χ0v) is 14.5. The molecule has 1 amide bonds. The summed E-state index contributed by atoms with van der Waals surface area (Å²) in [5.41, 5.74) is 4.23. The largest absolute Gasteiger partial charge is 0.351 e. The number of nitrogens with zero attached hydrogens (tertiary/aromatic N) is 2. The molecule has 1 aromatic heterocycles. The van der Waals surface area contributed by atoms with Crippen LogP contribution < -0.4 is 10.6 Å². The lowest BCUT2D eigenvalue weighted by molar-refractivity contribution is 0.102. The van der Waals surface area contributed by atoms with Crippen molar-refractivity contribution in [3.63, 3.8) is 0 Å². The van der Waals surface area contributed by atoms with Crippen molar-refractivity contribution in [1.82, 2.24) is 9.97 Å². The summed E-state index contributed by atoms with van der Waals surface area (Å²) in [6, 6.07) is 7.79. The van der Waals surface area contributed by atoms with Gasteiger partial charge in [0.15, 0.2) is 0 Å². The summed E-state index contributed by atoms with van der Waals surface area (Å²) in [6.45, 7) is 10.2. The average Bonchev–Trinajstić information content (AvgIpc) is 2.59. The van der Waals surface area contributed by atoms with Gasteiger partial charge in [0.1, 0.15) is 5.69 Å². The van der Waals surface area contributed by atoms with Gasteiger partial charge in [0.05, 0.1) is 0 Å². The first-order valence-electron chi connectivity index (χ1n) is 8.21. The zero-order chi connectivity index (χ0) is 17.5. The molecule has 0 fully saturated rings. The van der Waals surface area contributed by atoms with Gasteiger partial charge in [-0.15, -0.1) is 6.58 Å². The highest BCUT2D eigenvalue weighted by atomic mass is 16.1. The van der Waals surface area contributed by atoms with Gasteiger partial charge in [-0.25, -0.2) is 9.97 Å². The van der Waals surface area contributed by atoms with E-state index in [1.807, 2.05) is 25.1 Å². The fraction of sp³-hybridized carbons (Fsp3) is 0.316. The maximum absolute atomic E-state index is 12.7. The van der Waals surface area contributed by atoms with Gasteiger partial charge in [-0.2, -0.15) is 0 Å². The Morgan fingerprint density at radius 1 is 1.21 bits per heavy atom. The van der Waals surface area contributed by atoms with Crippen molar-refractivity contribution in [2.24, 2.45) is 0 Å². The zero-order valence-electron chi connectivity index (χ0n) is 14.5. The fourth-order valence-electron chi connectivity index (χ4n) is 2.51. The van der Waals surface area contributed by atoms with E-state index in [0.29, 0.717) is 18.2 Å². The molecule has 0 aliphatic heterocycles. The third-order valence-electron chi connectivity index (χ3n) is 3.73. The average molecular weight is 324 g/mol. The minimum atomic E-state index is -0.224. The molecule has 126 valence electrons. The molecule has 24 heavy (non-hydrogen) atoms. The summed E-state index contributed by atoms with van der Waals surface area (Å²) in [7, 11) is 0. The molecule has 0 spiro atoms. The topological polar surface area (TPSA) is 66.9 Å². The van der Waals surface area contributed by atoms with Crippen molar-refractivity contribution >= 4 is 17.5 Å². The summed E-state index contributed by atoms with van der Waals surface area (Å²) < 4.78 is 0. The number of rotatable bonds is 7. The number of carbonyl (C=O) groups is 1. The molecular weight excluding hydrogens is 300 g/mol. The Balaban J connectivity index is 2.30. The highest BCUT2D eigenvalue weighted by molar-refractivity contribution is 6.04. The number of anilines is 2. The van der Waals surface area contributed by atoms with Crippen LogP contribution in [0.1, 0.15) is 41.2 Å². The Bertz CT molecular complexity index is 718. The monoisotopic (exact) mass is 324 g/mol. The van der Waals surface area contributed by atoms with Gasteiger partial charge in [-0.3, -0.25) is 4.79 Å². The SMILES string of the molecule is C=CCNc1nc(C)cc(C(=O)Nc2c(CC)cccc2CC)n1. The molecule has 0 radical (unpaired) electrons. The van der Waals surface area contributed by atoms with Crippen LogP contribution in [0.3, 0.4) is 0 Å². The van der Waals surface area contributed by atoms with E-state index in [0.717, 1.165) is 35.3 Å². The second-order valence-corrected chi connectivity index (χ2v) is 5.50. The van der Waals surface area contributed by atoms with Gasteiger partial charge in [-0.05, 0) is 37.0 Å². The molecule has 1 aromatic carbocycles. The van der Waals surface area contributed by atoms with Crippen molar-refractivity contribution in [3.05, 3.63) is 59.4 Å². The van der Waals surface area contributed by atoms with Crippen molar-refractivity contribution < 1.29 is 4.79 Å². The number of amides is 1. The van der Waals surface area contributed by atoms with Gasteiger partial charge >= 0.3 is 0 Å². The standard InChI is InChI=1S/C19H24N4O/c1-5-11-20-19-21-13(4)12-16(22-19)18(24)23-17-14(6-2)9-8-10-15(17)7-3/h5,8-10,12H,1,6-7,11H2,2-4H3,(H,23,24)(H,20,21,22). The lowest BCUT2D eigenvalue weighted by Crippen LogP contribution is -2.18. The Labute approximate surface area is 143 Å². The molecule has 0 bridgehead atoms. The van der Waals surface area contributed by atoms with Crippen LogP contribution in [0.5, 0.6) is 0 Å². The van der Waals surface area contributed by atoms with Crippen molar-refractivity contribution in [2.45, 2.75) is 33.6 Å². The van der Waals surface area contributed by atoms with E-state index in [9.17, 15) is 4.79 Å². The minimum absolute atomic E-state index is 0.224. The molecule has 2 rings (SSSR count). The lowest BCUT2D eigenvalue weighted by Gasteiger charge is -2.14. The van der Waals surface area contributed by atoms with Gasteiger partial charge in [0, 0.05) is 17.9 Å². The highest BCUT2D eigenvalue weighted by Crippen LogP contribution is 2.23. The summed E-state index contributed by atoms with van der Waals surface area (Å²) in [6.07, 6.45) is 3.44. The first-order valence-corrected chi connectivity index (χ1v) is 8.21. The number of aromatic nitrogens is 2. The molecule has 0 unspecified atom stereocenters. The molecule has 0 saturated heterocycles. The normalized spacial score (nSPS) is 10.3. The van der Waals surface area contributed by atoms with E-state index in [1.165, 1.54) is 0 Å². The van der Waals surface area contributed by atoms with E-state index in [4.69, 9.17) is 0 Å². The van der Waals surface area contributed by atoms with Crippen LogP contribution in [-0.4, -0.2) is 22.4 Å². The number of aryl methyl sites for hydroxylation is 3. The van der Waals surface area contributed by atoms with Crippen LogP contribution in [0.15, 0.2) is 36.9 Å². The van der Waals surface area contributed by atoms with Crippen LogP contribution in [-0.2, 0) is 12.8 Å². The maximum atomic E-state index is 12.7. The second kappa shape index (κ2) is 8.24. The molecule has 0 aliphatic carbocycles. The molecule has 0 atom stereocenters. The van der Waals surface area contributed by atoms with Gasteiger partial charge in [0.25, 0.3) is 5.91 Å². The number of hydrogen-bond donors (Lipinski definition) is 2. The maximum Gasteiger partial charge on any atom is 0.274 e. The summed E-state index contributed by atoms with van der Waals surface area (Å²) >= 11 is 0. The van der Waals surface area contributed by atoms with Crippen LogP contribution in [0, 0.1) is 6.92 Å². The predicted molar refractivity (Wildman–Crippen MR) is 98.6 cm³/mol. The van der Waals surface area contributed by atoms with Gasteiger partial charge in [-0.1, -0.05) is 38.1 Å². The fourth-order valence-corrected chi connectivity index (χ4v) is 2.51. The van der Waals surface area contributed by atoms with E-state index >= 15 is 0 Å². The van der Waals surface area contributed by atoms with E-state index in [1.54, 1.807) is 12.1 Å². The number of nitrogens with one attached hydrogen (secondary N) is 2. The van der Waals surface area contributed by atoms with E-state index < -0.39 is 0 Å². The molecule has 5 nitrogen and oxygen atoms in total. The lowest BCUT2D eigenvalue weighted by atomic mass is 10.0. The summed E-state index contributed by atoms with van der Waals surface area (Å²) in [5.74, 6) is 0.206. The van der Waals surface area contributed by atoms with Crippen LogP contribution in [0.4, 0.5) is 11.6 Å². The van der Waals surface area contributed by atoms with E-state index in [-0.39, 0.29) is 5.91 Å². The number of hydrogen-bond acceptors (Lipinski definition) is 4. The Morgan fingerprint density at radius 2 is 1.88 bits per heavy atom. The quantitative estimate of drug-likeness (QED) is 0.761. The Kier molecular flexibility index (Phi) is 6.07. The van der Waals surface area contributed by atoms with Gasteiger partial charge < -0.3 is 10.6 Å². The molecule has 0 saturated carbocycles. The molecule has 1 heterocycles. The van der Waals surface area contributed by atoms with Crippen LogP contribution >= 0.6 is 0 Å². The molecule has 2 aromatic rings. The molecular formula is C19H24N4O. The number of carbonyl (C=O) groups excluding carboxylic acids is 1. The first kappa shape index (κ1) is 17.7. The highest BCUT2D eigenvalue weighted by Gasteiger charge is 2.14. The van der Waals surface area contributed by atoms with Crippen LogP contribution in [0.2, 0.25) is 0 Å². The third kappa shape index (κ3) is 4.19.